The van der Waals surface area contributed by atoms with Crippen LogP contribution in [0.15, 0.2) is 42.5 Å². The van der Waals surface area contributed by atoms with Crippen LogP contribution in [0.3, 0.4) is 0 Å². The van der Waals surface area contributed by atoms with Gasteiger partial charge in [0.05, 0.1) is 17.3 Å². The first-order chi connectivity index (χ1) is 13.9. The van der Waals surface area contributed by atoms with Gasteiger partial charge in [-0.2, -0.15) is 5.26 Å². The molecule has 3 amide bonds. The Bertz CT molecular complexity index is 1010. The van der Waals surface area contributed by atoms with Crippen LogP contribution in [0.25, 0.3) is 0 Å². The number of urea groups is 1. The van der Waals surface area contributed by atoms with Gasteiger partial charge in [-0.1, -0.05) is 35.3 Å². The summed E-state index contributed by atoms with van der Waals surface area (Å²) < 4.78 is 0. The van der Waals surface area contributed by atoms with E-state index in [2.05, 4.69) is 11.4 Å². The zero-order chi connectivity index (χ0) is 20.8. The Labute approximate surface area is 178 Å². The van der Waals surface area contributed by atoms with Crippen molar-refractivity contribution in [2.24, 2.45) is 0 Å². The van der Waals surface area contributed by atoms with Crippen LogP contribution < -0.4 is 10.2 Å². The number of benzene rings is 2. The Kier molecular flexibility index (Phi) is 4.99. The fourth-order valence-corrected chi connectivity index (χ4v) is 4.91. The maximum absolute atomic E-state index is 13.7. The second kappa shape index (κ2) is 7.34. The molecule has 0 bridgehead atoms. The van der Waals surface area contributed by atoms with Crippen LogP contribution in [0.2, 0.25) is 10.0 Å². The summed E-state index contributed by atoms with van der Waals surface area (Å²) in [5, 5.41) is 13.1. The summed E-state index contributed by atoms with van der Waals surface area (Å²) in [7, 11) is 0. The number of carbonyl (C=O) groups is 2. The van der Waals surface area contributed by atoms with Gasteiger partial charge < -0.3 is 10.2 Å². The molecule has 2 saturated heterocycles. The number of likely N-dealkylation sites (N-methyl/N-ethyl adjacent to an activating group) is 1. The molecule has 8 heteroatoms. The number of rotatable bonds is 3. The maximum Gasteiger partial charge on any atom is 0.332 e. The summed E-state index contributed by atoms with van der Waals surface area (Å²) in [6, 6.07) is 13.6. The molecule has 4 rings (SSSR count). The van der Waals surface area contributed by atoms with E-state index in [0.717, 1.165) is 5.56 Å². The standard InChI is InChI=1S/C21H18Cl2N4O2/c1-2-26-20(29)27(17-8-15(22)7-16(23)9-17)19(28)21(26)12-25-11-18(21)14-5-3-13(10-24)4-6-14/h3-9,18,25H,2,11-12H2,1H3. The molecule has 0 aromatic heterocycles. The minimum atomic E-state index is -1.05. The molecule has 1 N–H and O–H groups in total. The van der Waals surface area contributed by atoms with Gasteiger partial charge in [0.2, 0.25) is 0 Å². The van der Waals surface area contributed by atoms with Crippen LogP contribution >= 0.6 is 23.2 Å². The first-order valence-electron chi connectivity index (χ1n) is 9.25. The Morgan fingerprint density at radius 2 is 1.83 bits per heavy atom. The number of halogens is 2. The third kappa shape index (κ3) is 2.98. The Hall–Kier alpha value is -2.59. The molecular weight excluding hydrogens is 411 g/mol. The highest BCUT2D eigenvalue weighted by Crippen LogP contribution is 2.44. The lowest BCUT2D eigenvalue weighted by Crippen LogP contribution is -2.54. The van der Waals surface area contributed by atoms with E-state index in [1.165, 1.54) is 4.90 Å². The van der Waals surface area contributed by atoms with Crippen molar-refractivity contribution in [1.29, 1.82) is 5.26 Å². The molecular formula is C21H18Cl2N4O2. The first kappa shape index (κ1) is 19.7. The normalized spacial score (nSPS) is 23.9. The molecule has 0 radical (unpaired) electrons. The van der Waals surface area contributed by atoms with Gasteiger partial charge in [0.1, 0.15) is 5.54 Å². The van der Waals surface area contributed by atoms with Crippen molar-refractivity contribution in [2.45, 2.75) is 18.4 Å². The van der Waals surface area contributed by atoms with Gasteiger partial charge in [-0.25, -0.2) is 9.69 Å². The number of imide groups is 1. The highest BCUT2D eigenvalue weighted by molar-refractivity contribution is 6.35. The van der Waals surface area contributed by atoms with Crippen LogP contribution in [0.5, 0.6) is 0 Å². The van der Waals surface area contributed by atoms with E-state index in [4.69, 9.17) is 28.5 Å². The zero-order valence-corrected chi connectivity index (χ0v) is 17.2. The van der Waals surface area contributed by atoms with Crippen molar-refractivity contribution in [2.75, 3.05) is 24.5 Å². The fraction of sp³-hybridized carbons (Fsp3) is 0.286. The molecule has 1 spiro atoms. The predicted molar refractivity (Wildman–Crippen MR) is 111 cm³/mol. The summed E-state index contributed by atoms with van der Waals surface area (Å²) >= 11 is 12.2. The molecule has 0 saturated carbocycles. The maximum atomic E-state index is 13.7. The van der Waals surface area contributed by atoms with Gasteiger partial charge in [-0.05, 0) is 42.8 Å². The highest BCUT2D eigenvalue weighted by atomic mass is 35.5. The van der Waals surface area contributed by atoms with Gasteiger partial charge in [0.15, 0.2) is 0 Å². The average molecular weight is 429 g/mol. The number of hydrogen-bond acceptors (Lipinski definition) is 4. The number of nitrogens with one attached hydrogen (secondary N) is 1. The monoisotopic (exact) mass is 428 g/mol. The molecule has 2 unspecified atom stereocenters. The first-order valence-corrected chi connectivity index (χ1v) is 10.0. The molecule has 2 atom stereocenters. The van der Waals surface area contributed by atoms with Crippen LogP contribution in [0.1, 0.15) is 24.0 Å². The van der Waals surface area contributed by atoms with E-state index in [-0.39, 0.29) is 11.8 Å². The average Bonchev–Trinajstić information content (AvgIpc) is 3.21. The van der Waals surface area contributed by atoms with E-state index < -0.39 is 11.6 Å². The molecule has 2 aromatic carbocycles. The van der Waals surface area contributed by atoms with Crippen LogP contribution in [-0.2, 0) is 4.79 Å². The molecule has 29 heavy (non-hydrogen) atoms. The third-order valence-electron chi connectivity index (χ3n) is 5.66. The van der Waals surface area contributed by atoms with E-state index >= 15 is 0 Å². The molecule has 2 aromatic rings. The minimum absolute atomic E-state index is 0.244. The number of nitrogens with zero attached hydrogens (tertiary/aromatic N) is 3. The lowest BCUT2D eigenvalue weighted by atomic mass is 9.80. The number of anilines is 1. The van der Waals surface area contributed by atoms with Crippen LogP contribution in [0, 0.1) is 11.3 Å². The Morgan fingerprint density at radius 3 is 2.41 bits per heavy atom. The topological polar surface area (TPSA) is 76.4 Å². The van der Waals surface area contributed by atoms with E-state index in [1.54, 1.807) is 35.2 Å². The third-order valence-corrected chi connectivity index (χ3v) is 6.10. The Morgan fingerprint density at radius 1 is 1.17 bits per heavy atom. The number of hydrogen-bond donors (Lipinski definition) is 1. The summed E-state index contributed by atoms with van der Waals surface area (Å²) in [5.41, 5.74) is 0.761. The summed E-state index contributed by atoms with van der Waals surface area (Å²) in [4.78, 5) is 29.8. The Balaban J connectivity index is 1.81. The van der Waals surface area contributed by atoms with Gasteiger partial charge >= 0.3 is 6.03 Å². The van der Waals surface area contributed by atoms with E-state index in [0.29, 0.717) is 40.9 Å². The molecule has 148 valence electrons. The van der Waals surface area contributed by atoms with Crippen molar-refractivity contribution in [1.82, 2.24) is 10.2 Å². The zero-order valence-electron chi connectivity index (χ0n) is 15.7. The van der Waals surface area contributed by atoms with Gasteiger partial charge in [0, 0.05) is 35.6 Å². The minimum Gasteiger partial charge on any atom is -0.313 e. The van der Waals surface area contributed by atoms with Crippen molar-refractivity contribution in [3.8, 4) is 6.07 Å². The fourth-order valence-electron chi connectivity index (χ4n) is 4.39. The van der Waals surface area contributed by atoms with Crippen molar-refractivity contribution < 1.29 is 9.59 Å². The lowest BCUT2D eigenvalue weighted by molar-refractivity contribution is -0.124. The number of carbonyl (C=O) groups excluding carboxylic acids is 2. The van der Waals surface area contributed by atoms with Crippen molar-refractivity contribution in [3.63, 3.8) is 0 Å². The van der Waals surface area contributed by atoms with Gasteiger partial charge in [0.25, 0.3) is 5.91 Å². The molecule has 2 heterocycles. The number of nitriles is 1. The molecule has 2 aliphatic rings. The van der Waals surface area contributed by atoms with E-state index in [1.807, 2.05) is 19.1 Å². The van der Waals surface area contributed by atoms with Gasteiger partial charge in [-0.3, -0.25) is 4.79 Å². The van der Waals surface area contributed by atoms with E-state index in [9.17, 15) is 9.59 Å². The quantitative estimate of drug-likeness (QED) is 0.754. The summed E-state index contributed by atoms with van der Waals surface area (Å²) in [6.07, 6.45) is 0. The van der Waals surface area contributed by atoms with Crippen LogP contribution in [-0.4, -0.2) is 42.0 Å². The van der Waals surface area contributed by atoms with Gasteiger partial charge in [-0.15, -0.1) is 0 Å². The molecule has 2 fully saturated rings. The summed E-state index contributed by atoms with van der Waals surface area (Å²) in [5.74, 6) is -0.548. The lowest BCUT2D eigenvalue weighted by Gasteiger charge is -2.35. The second-order valence-corrected chi connectivity index (χ2v) is 8.01. The second-order valence-electron chi connectivity index (χ2n) is 7.14. The molecule has 6 nitrogen and oxygen atoms in total. The van der Waals surface area contributed by atoms with Crippen molar-refractivity contribution in [3.05, 3.63) is 63.6 Å². The highest BCUT2D eigenvalue weighted by Gasteiger charge is 2.63. The largest absolute Gasteiger partial charge is 0.332 e. The molecule has 2 aliphatic heterocycles. The summed E-state index contributed by atoms with van der Waals surface area (Å²) in [6.45, 7) is 3.13. The smallest absolute Gasteiger partial charge is 0.313 e. The predicted octanol–water partition coefficient (Wildman–Crippen LogP) is 3.78. The molecule has 0 aliphatic carbocycles. The number of amides is 3. The van der Waals surface area contributed by atoms with Crippen molar-refractivity contribution >= 4 is 40.8 Å². The SMILES string of the molecule is CCN1C(=O)N(c2cc(Cl)cc(Cl)c2)C(=O)C12CNCC2c1ccc(C#N)cc1. The van der Waals surface area contributed by atoms with Crippen LogP contribution in [0.4, 0.5) is 10.5 Å².